The number of hydrogen-bond donors (Lipinski definition) is 0. The fraction of sp³-hybridized carbons (Fsp3) is 0. The van der Waals surface area contributed by atoms with Gasteiger partial charge >= 0.3 is 496 Å². The molecule has 0 saturated heterocycles. The van der Waals surface area contributed by atoms with Crippen LogP contribution in [0.1, 0.15) is 62.1 Å². The molecule has 21 heteroatoms. The van der Waals surface area contributed by atoms with Gasteiger partial charge in [0, 0.05) is 0 Å². The molecule has 7 aromatic rings. The van der Waals surface area contributed by atoms with Gasteiger partial charge in [-0.15, -0.1) is 0 Å². The fourth-order valence-corrected chi connectivity index (χ4v) is 27.6. The molecule has 18 nitrogen and oxygen atoms in total. The summed E-state index contributed by atoms with van der Waals surface area (Å²) in [6.45, 7) is 20.8. The summed E-state index contributed by atoms with van der Waals surface area (Å²) in [5, 5.41) is 0. The van der Waals surface area contributed by atoms with Gasteiger partial charge < -0.3 is 0 Å². The quantitative estimate of drug-likeness (QED) is 0.0203. The molecule has 0 radical (unpaired) electrons. The topological polar surface area (TPSA) is 213 Å². The molecule has 0 amide bonds. The third kappa shape index (κ3) is 17.1. The molecule has 0 saturated carbocycles. The Morgan fingerprint density at radius 1 is 0.247 bits per heavy atom. The Bertz CT molecular complexity index is 2860. The summed E-state index contributed by atoms with van der Waals surface area (Å²) in [6.07, 6.45) is 6.12. The van der Waals surface area contributed by atoms with Crippen LogP contribution in [0.3, 0.4) is 0 Å². The van der Waals surface area contributed by atoms with Gasteiger partial charge in [0.1, 0.15) is 0 Å². The first kappa shape index (κ1) is 59.9. The Morgan fingerprint density at radius 3 is 0.506 bits per heavy atom. The van der Waals surface area contributed by atoms with Crippen LogP contribution in [-0.2, 0) is 28.4 Å². The Morgan fingerprint density at radius 2 is 0.383 bits per heavy atom. The molecule has 0 aliphatic rings. The number of carbonyl (C=O) groups is 6. The number of ether oxygens (including phenoxy) is 6. The second-order valence-electron chi connectivity index (χ2n) is 15.6. The number of esters is 6. The minimum absolute atomic E-state index is 0.213. The molecule has 81 heavy (non-hydrogen) atoms. The van der Waals surface area contributed by atoms with E-state index in [0.717, 1.165) is 37.6 Å². The van der Waals surface area contributed by atoms with Crippen LogP contribution >= 0.6 is 0 Å². The first-order chi connectivity index (χ1) is 39.3. The van der Waals surface area contributed by atoms with E-state index >= 15 is 0 Å². The van der Waals surface area contributed by atoms with Gasteiger partial charge in [-0.3, -0.25) is 0 Å². The van der Waals surface area contributed by atoms with Crippen molar-refractivity contribution in [2.75, 3.05) is 0 Å². The Hall–Kier alpha value is -8.75. The van der Waals surface area contributed by atoms with Crippen molar-refractivity contribution in [1.29, 1.82) is 0 Å². The average molecular weight is 1680 g/mol. The Kier molecular flexibility index (Phi) is 22.2. The van der Waals surface area contributed by atoms with Crippen LogP contribution in [0.15, 0.2) is 241 Å². The molecule has 0 bridgehead atoms. The number of hydrogen-bond acceptors (Lipinski definition) is 18. The van der Waals surface area contributed by atoms with Crippen LogP contribution in [0.2, 0.25) is 0 Å². The molecule has 0 aromatic heterocycles. The summed E-state index contributed by atoms with van der Waals surface area (Å²) < 4.78 is 72.7. The first-order valence-electron chi connectivity index (χ1n) is 23.5. The van der Waals surface area contributed by atoms with Crippen molar-refractivity contribution in [2.24, 2.45) is 0 Å². The molecule has 0 atom stereocenters. The van der Waals surface area contributed by atoms with E-state index in [1.807, 2.05) is 18.2 Å². The van der Waals surface area contributed by atoms with Crippen LogP contribution in [0.25, 0.3) is 0 Å². The second kappa shape index (κ2) is 30.0. The van der Waals surface area contributed by atoms with Gasteiger partial charge in [-0.05, 0) is 0 Å². The standard InChI is InChI=1S/6C9H8O3.C6H3.3Bi/c6*1-2-12-9(11)7-3-5-8(10)6-4-7;1-2-4-6-5-3-1;;;/h6*2-6,10H,1H2;1,4-5H;;;/q;;;;;;;3*+2/p-6. The van der Waals surface area contributed by atoms with Crippen LogP contribution in [0, 0.1) is 0 Å². The maximum atomic E-state index is 12.7. The van der Waals surface area contributed by atoms with E-state index in [4.69, 9.17) is 45.3 Å². The third-order valence-electron chi connectivity index (χ3n) is 10.3. The second-order valence-corrected chi connectivity index (χ2v) is 31.9. The van der Waals surface area contributed by atoms with E-state index in [1.54, 1.807) is 72.8 Å². The van der Waals surface area contributed by atoms with Gasteiger partial charge in [-0.25, -0.2) is 0 Å². The third-order valence-corrected chi connectivity index (χ3v) is 27.0. The minimum atomic E-state index is -4.34. The number of rotatable bonds is 27. The molecule has 0 N–H and O–H groups in total. The van der Waals surface area contributed by atoms with Gasteiger partial charge in [0.15, 0.2) is 0 Å². The molecule has 0 unspecified atom stereocenters. The normalized spacial score (nSPS) is 10.4. The number of benzene rings is 7. The molecule has 0 aliphatic carbocycles. The van der Waals surface area contributed by atoms with Crippen LogP contribution in [0.5, 0.6) is 34.5 Å². The van der Waals surface area contributed by atoms with Crippen molar-refractivity contribution >= 4 is 114 Å². The molecule has 0 aliphatic heterocycles. The molecule has 7 aromatic carbocycles. The van der Waals surface area contributed by atoms with Crippen molar-refractivity contribution < 1.29 is 74.1 Å². The van der Waals surface area contributed by atoms with Gasteiger partial charge in [0.05, 0.1) is 0 Å². The molecular formula is C60H45Bi3O18. The van der Waals surface area contributed by atoms with Gasteiger partial charge in [-0.2, -0.15) is 0 Å². The summed E-state index contributed by atoms with van der Waals surface area (Å²) >= 11 is -13.0. The van der Waals surface area contributed by atoms with Gasteiger partial charge in [0.2, 0.25) is 0 Å². The van der Waals surface area contributed by atoms with Crippen molar-refractivity contribution in [3.8, 4) is 34.5 Å². The summed E-state index contributed by atoms with van der Waals surface area (Å²) in [7, 11) is 0. The predicted octanol–water partition coefficient (Wildman–Crippen LogP) is 9.05. The van der Waals surface area contributed by atoms with E-state index in [-0.39, 0.29) is 33.4 Å². The van der Waals surface area contributed by atoms with Gasteiger partial charge in [-0.1, -0.05) is 0 Å². The van der Waals surface area contributed by atoms with Crippen LogP contribution in [-0.4, -0.2) is 104 Å². The Balaban J connectivity index is 1.44. The van der Waals surface area contributed by atoms with E-state index in [1.165, 1.54) is 72.8 Å². The molecule has 7 rings (SSSR count). The molecule has 408 valence electrons. The monoisotopic (exact) mass is 1680 g/mol. The molecule has 0 fully saturated rings. The van der Waals surface area contributed by atoms with E-state index in [9.17, 15) is 28.8 Å². The van der Waals surface area contributed by atoms with Crippen molar-refractivity contribution in [3.05, 3.63) is 274 Å². The van der Waals surface area contributed by atoms with Crippen molar-refractivity contribution in [2.45, 2.75) is 0 Å². The van der Waals surface area contributed by atoms with Crippen LogP contribution in [0.4, 0.5) is 0 Å². The summed E-state index contributed by atoms with van der Waals surface area (Å²) in [4.78, 5) is 76.0. The average Bonchev–Trinajstić information content (AvgIpc) is 3.57. The molecular weight excluding hydrogens is 1640 g/mol. The Labute approximate surface area is 492 Å². The first-order valence-corrected chi connectivity index (χ1v) is 37.2. The molecule has 0 heterocycles. The predicted molar refractivity (Wildman–Crippen MR) is 299 cm³/mol. The maximum absolute atomic E-state index is 12.7. The van der Waals surface area contributed by atoms with E-state index in [0.29, 0.717) is 44.3 Å². The molecule has 0 spiro atoms. The van der Waals surface area contributed by atoms with Crippen LogP contribution < -0.4 is 26.7 Å². The number of carbonyl (C=O) groups excluding carboxylic acids is 6. The zero-order valence-electron chi connectivity index (χ0n) is 42.5. The van der Waals surface area contributed by atoms with E-state index in [2.05, 4.69) is 39.5 Å². The summed E-state index contributed by atoms with van der Waals surface area (Å²) in [5.74, 6) is -1.99. The summed E-state index contributed by atoms with van der Waals surface area (Å²) in [5.41, 5.74) is 1.28. The zero-order chi connectivity index (χ0) is 57.7. The zero-order valence-corrected chi connectivity index (χ0v) is 52.9. The summed E-state index contributed by atoms with van der Waals surface area (Å²) in [6, 6.07) is 42.7. The van der Waals surface area contributed by atoms with Gasteiger partial charge in [0.25, 0.3) is 0 Å². The fourth-order valence-electron chi connectivity index (χ4n) is 6.62. The van der Waals surface area contributed by atoms with Crippen molar-refractivity contribution in [3.63, 3.8) is 0 Å². The van der Waals surface area contributed by atoms with E-state index < -0.39 is 104 Å². The SMILES string of the molecule is C=COC(=O)c1ccc([O][Bi]([O]c2ccc(C(=O)OC=C)cc2)[c]2c[c]([Bi]([O]c3ccc(C(=O)OC=C)cc3)[O]c3ccc(C(=O)OC=C)cc3)c[c]([Bi]([O]c3ccc(C(=O)OC=C)cc3)[O]c3ccc(C(=O)OC=C)cc3)c2)cc1. The van der Waals surface area contributed by atoms with Crippen molar-refractivity contribution in [1.82, 2.24) is 0 Å².